The van der Waals surface area contributed by atoms with Crippen LogP contribution in [0.5, 0.6) is 11.5 Å². The van der Waals surface area contributed by atoms with Crippen molar-refractivity contribution in [1.29, 1.82) is 0 Å². The van der Waals surface area contributed by atoms with Crippen LogP contribution in [0.15, 0.2) is 48.5 Å². The number of nitrogens with zero attached hydrogens (tertiary/aromatic N) is 1. The molecular formula is C21H25NO3. The fourth-order valence-corrected chi connectivity index (χ4v) is 2.98. The lowest BCUT2D eigenvalue weighted by atomic mass is 10.1. The van der Waals surface area contributed by atoms with E-state index in [1.807, 2.05) is 41.3 Å². The molecule has 1 amide bonds. The highest BCUT2D eigenvalue weighted by Crippen LogP contribution is 2.32. The van der Waals surface area contributed by atoms with E-state index in [1.54, 1.807) is 0 Å². The summed E-state index contributed by atoms with van der Waals surface area (Å²) in [6.07, 6.45) is 2.15. The van der Waals surface area contributed by atoms with E-state index in [2.05, 4.69) is 26.0 Å². The van der Waals surface area contributed by atoms with E-state index >= 15 is 0 Å². The molecule has 0 spiro atoms. The molecule has 4 nitrogen and oxygen atoms in total. The van der Waals surface area contributed by atoms with E-state index in [0.717, 1.165) is 23.5 Å². The Morgan fingerprint density at radius 2 is 1.84 bits per heavy atom. The van der Waals surface area contributed by atoms with Crippen molar-refractivity contribution in [2.45, 2.75) is 45.7 Å². The lowest BCUT2D eigenvalue weighted by Gasteiger charge is -2.29. The van der Waals surface area contributed by atoms with Crippen LogP contribution in [-0.2, 0) is 17.8 Å². The Hall–Kier alpha value is -2.49. The molecule has 0 aromatic heterocycles. The minimum absolute atomic E-state index is 0.191. The number of aryl methyl sites for hydroxylation is 1. The van der Waals surface area contributed by atoms with Gasteiger partial charge in [0.25, 0.3) is 0 Å². The Bertz CT molecular complexity index is 714. The van der Waals surface area contributed by atoms with Gasteiger partial charge in [-0.1, -0.05) is 43.3 Å². The predicted molar refractivity (Wildman–Crippen MR) is 97.6 cm³/mol. The SMILES string of the molecule is CCC(C)N(Cc1ccccc1)C(=O)CCc1ccc2c(c1)OCO2. The molecule has 0 aliphatic carbocycles. The van der Waals surface area contributed by atoms with Gasteiger partial charge in [-0.05, 0) is 43.0 Å². The van der Waals surface area contributed by atoms with Crippen molar-refractivity contribution in [3.05, 3.63) is 59.7 Å². The van der Waals surface area contributed by atoms with Crippen molar-refractivity contribution in [3.8, 4) is 11.5 Å². The van der Waals surface area contributed by atoms with Crippen LogP contribution in [0, 0.1) is 0 Å². The first-order valence-corrected chi connectivity index (χ1v) is 8.89. The van der Waals surface area contributed by atoms with E-state index in [9.17, 15) is 4.79 Å². The highest BCUT2D eigenvalue weighted by molar-refractivity contribution is 5.76. The number of rotatable bonds is 7. The van der Waals surface area contributed by atoms with Gasteiger partial charge in [-0.3, -0.25) is 4.79 Å². The van der Waals surface area contributed by atoms with Crippen LogP contribution in [-0.4, -0.2) is 23.6 Å². The molecule has 2 aromatic carbocycles. The largest absolute Gasteiger partial charge is 0.454 e. The molecule has 0 fully saturated rings. The summed E-state index contributed by atoms with van der Waals surface area (Å²) in [4.78, 5) is 14.8. The molecule has 1 aliphatic rings. The summed E-state index contributed by atoms with van der Waals surface area (Å²) in [5, 5.41) is 0. The molecule has 132 valence electrons. The standard InChI is InChI=1S/C21H25NO3/c1-3-16(2)22(14-18-7-5-4-6-8-18)21(23)12-10-17-9-11-19-20(13-17)25-15-24-19/h4-9,11,13,16H,3,10,12,14-15H2,1-2H3. The van der Waals surface area contributed by atoms with E-state index in [1.165, 1.54) is 5.56 Å². The van der Waals surface area contributed by atoms with Gasteiger partial charge in [-0.2, -0.15) is 0 Å². The van der Waals surface area contributed by atoms with Gasteiger partial charge in [-0.15, -0.1) is 0 Å². The fourth-order valence-electron chi connectivity index (χ4n) is 2.98. The number of fused-ring (bicyclic) bond motifs is 1. The maximum atomic E-state index is 12.8. The zero-order valence-corrected chi connectivity index (χ0v) is 14.9. The van der Waals surface area contributed by atoms with Crippen LogP contribution in [0.2, 0.25) is 0 Å². The molecule has 0 saturated heterocycles. The van der Waals surface area contributed by atoms with E-state index in [4.69, 9.17) is 9.47 Å². The Morgan fingerprint density at radius 3 is 2.60 bits per heavy atom. The van der Waals surface area contributed by atoms with Gasteiger partial charge in [0, 0.05) is 19.0 Å². The minimum atomic E-state index is 0.191. The van der Waals surface area contributed by atoms with Crippen molar-refractivity contribution in [1.82, 2.24) is 4.90 Å². The normalized spacial score (nSPS) is 13.5. The second-order valence-electron chi connectivity index (χ2n) is 6.45. The third-order valence-corrected chi connectivity index (χ3v) is 4.70. The van der Waals surface area contributed by atoms with E-state index in [-0.39, 0.29) is 18.7 Å². The molecule has 2 aromatic rings. The van der Waals surface area contributed by atoms with Gasteiger partial charge >= 0.3 is 0 Å². The van der Waals surface area contributed by atoms with Gasteiger partial charge in [0.2, 0.25) is 12.7 Å². The van der Waals surface area contributed by atoms with E-state index < -0.39 is 0 Å². The number of hydrogen-bond donors (Lipinski definition) is 0. The molecule has 25 heavy (non-hydrogen) atoms. The van der Waals surface area contributed by atoms with E-state index in [0.29, 0.717) is 19.4 Å². The number of amides is 1. The molecule has 1 atom stereocenters. The third kappa shape index (κ3) is 4.32. The first kappa shape index (κ1) is 17.3. The molecule has 1 unspecified atom stereocenters. The second-order valence-corrected chi connectivity index (χ2v) is 6.45. The summed E-state index contributed by atoms with van der Waals surface area (Å²) in [6.45, 7) is 5.17. The predicted octanol–water partition coefficient (Wildman–Crippen LogP) is 4.18. The number of benzene rings is 2. The van der Waals surface area contributed by atoms with Crippen LogP contribution in [0.1, 0.15) is 37.8 Å². The summed E-state index contributed by atoms with van der Waals surface area (Å²) in [5.74, 6) is 1.74. The fraction of sp³-hybridized carbons (Fsp3) is 0.381. The molecule has 0 saturated carbocycles. The van der Waals surface area contributed by atoms with Gasteiger partial charge in [0.1, 0.15) is 0 Å². The molecule has 4 heteroatoms. The average molecular weight is 339 g/mol. The molecular weight excluding hydrogens is 314 g/mol. The van der Waals surface area contributed by atoms with Crippen molar-refractivity contribution in [2.24, 2.45) is 0 Å². The molecule has 1 aliphatic heterocycles. The van der Waals surface area contributed by atoms with Crippen LogP contribution in [0.4, 0.5) is 0 Å². The third-order valence-electron chi connectivity index (χ3n) is 4.70. The maximum absolute atomic E-state index is 12.8. The Morgan fingerprint density at radius 1 is 1.08 bits per heavy atom. The van der Waals surface area contributed by atoms with Crippen LogP contribution >= 0.6 is 0 Å². The molecule has 0 N–H and O–H groups in total. The van der Waals surface area contributed by atoms with Crippen LogP contribution in [0.3, 0.4) is 0 Å². The monoisotopic (exact) mass is 339 g/mol. The zero-order valence-electron chi connectivity index (χ0n) is 14.9. The number of hydrogen-bond acceptors (Lipinski definition) is 3. The van der Waals surface area contributed by atoms with Gasteiger partial charge in [-0.25, -0.2) is 0 Å². The first-order chi connectivity index (χ1) is 12.2. The summed E-state index contributed by atoms with van der Waals surface area (Å²) in [6, 6.07) is 16.3. The van der Waals surface area contributed by atoms with Gasteiger partial charge in [0.15, 0.2) is 11.5 Å². The minimum Gasteiger partial charge on any atom is -0.454 e. The topological polar surface area (TPSA) is 38.8 Å². The summed E-state index contributed by atoms with van der Waals surface area (Å²) in [7, 11) is 0. The quantitative estimate of drug-likeness (QED) is 0.760. The van der Waals surface area contributed by atoms with Gasteiger partial charge in [0.05, 0.1) is 0 Å². The second kappa shape index (κ2) is 8.06. The smallest absolute Gasteiger partial charge is 0.231 e. The Kier molecular flexibility index (Phi) is 5.59. The lowest BCUT2D eigenvalue weighted by Crippen LogP contribution is -2.37. The van der Waals surface area contributed by atoms with Crippen molar-refractivity contribution in [2.75, 3.05) is 6.79 Å². The number of carbonyl (C=O) groups excluding carboxylic acids is 1. The Labute approximate surface area is 149 Å². The Balaban J connectivity index is 1.63. The summed E-state index contributed by atoms with van der Waals surface area (Å²) in [5.41, 5.74) is 2.26. The lowest BCUT2D eigenvalue weighted by molar-refractivity contribution is -0.134. The molecule has 3 rings (SSSR count). The molecule has 0 bridgehead atoms. The average Bonchev–Trinajstić information content (AvgIpc) is 3.12. The van der Waals surface area contributed by atoms with Crippen molar-refractivity contribution in [3.63, 3.8) is 0 Å². The molecule has 1 heterocycles. The number of ether oxygens (including phenoxy) is 2. The maximum Gasteiger partial charge on any atom is 0.231 e. The van der Waals surface area contributed by atoms with Crippen molar-refractivity contribution < 1.29 is 14.3 Å². The highest BCUT2D eigenvalue weighted by Gasteiger charge is 2.20. The zero-order chi connectivity index (χ0) is 17.6. The van der Waals surface area contributed by atoms with Crippen molar-refractivity contribution >= 4 is 5.91 Å². The molecule has 0 radical (unpaired) electrons. The summed E-state index contributed by atoms with van der Waals surface area (Å²) >= 11 is 0. The highest BCUT2D eigenvalue weighted by atomic mass is 16.7. The number of carbonyl (C=O) groups is 1. The van der Waals surface area contributed by atoms with Crippen LogP contribution in [0.25, 0.3) is 0 Å². The summed E-state index contributed by atoms with van der Waals surface area (Å²) < 4.78 is 10.7. The first-order valence-electron chi connectivity index (χ1n) is 8.89. The van der Waals surface area contributed by atoms with Gasteiger partial charge < -0.3 is 14.4 Å². The van der Waals surface area contributed by atoms with Crippen LogP contribution < -0.4 is 9.47 Å².